The van der Waals surface area contributed by atoms with E-state index in [1.165, 1.54) is 19.3 Å². The molecule has 1 aliphatic rings. The number of aromatic nitrogens is 1. The van der Waals surface area contributed by atoms with Crippen LogP contribution in [-0.4, -0.2) is 11.6 Å². The molecule has 0 bridgehead atoms. The molecular formula is C13H20N2O. The predicted molar refractivity (Wildman–Crippen MR) is 64.3 cm³/mol. The zero-order chi connectivity index (χ0) is 11.4. The lowest BCUT2D eigenvalue weighted by atomic mass is 9.83. The van der Waals surface area contributed by atoms with Crippen LogP contribution in [0.2, 0.25) is 0 Å². The molecule has 0 radical (unpaired) electrons. The average Bonchev–Trinajstić information content (AvgIpc) is 2.22. The average molecular weight is 220 g/mol. The Morgan fingerprint density at radius 3 is 3.00 bits per heavy atom. The third kappa shape index (κ3) is 2.73. The summed E-state index contributed by atoms with van der Waals surface area (Å²) in [6.07, 6.45) is 7.02. The lowest BCUT2D eigenvalue weighted by molar-refractivity contribution is 0.215. The second-order valence-electron chi connectivity index (χ2n) is 4.62. The third-order valence-electron chi connectivity index (χ3n) is 3.28. The van der Waals surface area contributed by atoms with Gasteiger partial charge in [0.15, 0.2) is 0 Å². The molecule has 0 saturated heterocycles. The Hall–Kier alpha value is -1.09. The fourth-order valence-corrected chi connectivity index (χ4v) is 1.97. The van der Waals surface area contributed by atoms with Crippen molar-refractivity contribution < 1.29 is 4.74 Å². The van der Waals surface area contributed by atoms with Crippen molar-refractivity contribution in [3.8, 4) is 5.88 Å². The summed E-state index contributed by atoms with van der Waals surface area (Å²) in [6.45, 7) is 2.72. The number of nitrogens with two attached hydrogens (primary N) is 1. The molecule has 1 aromatic rings. The Labute approximate surface area is 97.0 Å². The molecule has 0 aliphatic heterocycles. The van der Waals surface area contributed by atoms with Crippen LogP contribution in [-0.2, 0) is 0 Å². The van der Waals surface area contributed by atoms with Crippen LogP contribution in [0.5, 0.6) is 5.88 Å². The smallest absolute Gasteiger partial charge is 0.218 e. The second-order valence-corrected chi connectivity index (χ2v) is 4.62. The molecule has 3 heteroatoms. The minimum atomic E-state index is -0.0209. The van der Waals surface area contributed by atoms with Gasteiger partial charge in [-0.05, 0) is 25.3 Å². The summed E-state index contributed by atoms with van der Waals surface area (Å²) in [5, 5.41) is 0. The van der Waals surface area contributed by atoms with E-state index in [0.29, 0.717) is 5.88 Å². The third-order valence-corrected chi connectivity index (χ3v) is 3.28. The maximum Gasteiger partial charge on any atom is 0.218 e. The topological polar surface area (TPSA) is 48.1 Å². The molecule has 88 valence electrons. The van der Waals surface area contributed by atoms with E-state index in [9.17, 15) is 0 Å². The van der Waals surface area contributed by atoms with E-state index >= 15 is 0 Å². The largest absolute Gasteiger partial charge is 0.477 e. The summed E-state index contributed by atoms with van der Waals surface area (Å²) in [5.74, 6) is 1.58. The van der Waals surface area contributed by atoms with Gasteiger partial charge < -0.3 is 10.5 Å². The Balaban J connectivity index is 1.87. The molecule has 0 aromatic carbocycles. The van der Waals surface area contributed by atoms with Crippen molar-refractivity contribution in [3.05, 3.63) is 23.9 Å². The van der Waals surface area contributed by atoms with Crippen LogP contribution in [0, 0.1) is 5.92 Å². The normalized spacial score (nSPS) is 17.9. The maximum absolute atomic E-state index is 5.86. The van der Waals surface area contributed by atoms with Crippen molar-refractivity contribution in [1.29, 1.82) is 0 Å². The fraction of sp³-hybridized carbons (Fsp3) is 0.615. The van der Waals surface area contributed by atoms with Crippen LogP contribution in [0.3, 0.4) is 0 Å². The van der Waals surface area contributed by atoms with Crippen molar-refractivity contribution in [2.24, 2.45) is 11.7 Å². The van der Waals surface area contributed by atoms with Gasteiger partial charge in [0, 0.05) is 17.8 Å². The van der Waals surface area contributed by atoms with Gasteiger partial charge in [-0.1, -0.05) is 25.3 Å². The molecule has 0 amide bonds. The molecule has 0 unspecified atom stereocenters. The number of ether oxygens (including phenoxy) is 1. The zero-order valence-corrected chi connectivity index (χ0v) is 9.86. The first-order valence-electron chi connectivity index (χ1n) is 6.10. The maximum atomic E-state index is 5.86. The Morgan fingerprint density at radius 2 is 2.38 bits per heavy atom. The van der Waals surface area contributed by atoms with Crippen LogP contribution >= 0.6 is 0 Å². The SMILES string of the molecule is C[C@H](N)c1cccnc1OCCC1CCC1. The number of rotatable bonds is 5. The van der Waals surface area contributed by atoms with Crippen molar-refractivity contribution in [2.45, 2.75) is 38.6 Å². The molecule has 2 N–H and O–H groups in total. The molecule has 16 heavy (non-hydrogen) atoms. The second kappa shape index (κ2) is 5.30. The van der Waals surface area contributed by atoms with Crippen LogP contribution in [0.4, 0.5) is 0 Å². The minimum absolute atomic E-state index is 0.0209. The highest BCUT2D eigenvalue weighted by Gasteiger charge is 2.17. The molecule has 1 aromatic heterocycles. The molecule has 1 aliphatic carbocycles. The first kappa shape index (κ1) is 11.4. The van der Waals surface area contributed by atoms with Gasteiger partial charge in [0.25, 0.3) is 0 Å². The highest BCUT2D eigenvalue weighted by Crippen LogP contribution is 2.29. The van der Waals surface area contributed by atoms with Crippen LogP contribution < -0.4 is 10.5 Å². The molecule has 1 saturated carbocycles. The molecule has 1 heterocycles. The summed E-state index contributed by atoms with van der Waals surface area (Å²) >= 11 is 0. The summed E-state index contributed by atoms with van der Waals surface area (Å²) in [7, 11) is 0. The molecule has 1 atom stereocenters. The van der Waals surface area contributed by atoms with Gasteiger partial charge >= 0.3 is 0 Å². The molecule has 3 nitrogen and oxygen atoms in total. The molecule has 0 spiro atoms. The van der Waals surface area contributed by atoms with Gasteiger partial charge in [-0.15, -0.1) is 0 Å². The van der Waals surface area contributed by atoms with E-state index in [4.69, 9.17) is 10.5 Å². The lowest BCUT2D eigenvalue weighted by Gasteiger charge is -2.25. The number of hydrogen-bond donors (Lipinski definition) is 1. The Kier molecular flexibility index (Phi) is 3.78. The number of hydrogen-bond acceptors (Lipinski definition) is 3. The van der Waals surface area contributed by atoms with E-state index in [0.717, 1.165) is 24.5 Å². The quantitative estimate of drug-likeness (QED) is 0.830. The highest BCUT2D eigenvalue weighted by atomic mass is 16.5. The summed E-state index contributed by atoms with van der Waals surface area (Å²) in [4.78, 5) is 4.24. The van der Waals surface area contributed by atoms with Gasteiger partial charge in [-0.3, -0.25) is 0 Å². The summed E-state index contributed by atoms with van der Waals surface area (Å²) < 4.78 is 5.71. The molecular weight excluding hydrogens is 200 g/mol. The van der Waals surface area contributed by atoms with Gasteiger partial charge in [-0.2, -0.15) is 0 Å². The van der Waals surface area contributed by atoms with Crippen LogP contribution in [0.1, 0.15) is 44.2 Å². The fourth-order valence-electron chi connectivity index (χ4n) is 1.97. The number of pyridine rings is 1. The van der Waals surface area contributed by atoms with Crippen molar-refractivity contribution in [1.82, 2.24) is 4.98 Å². The van der Waals surface area contributed by atoms with Crippen molar-refractivity contribution >= 4 is 0 Å². The summed E-state index contributed by atoms with van der Waals surface area (Å²) in [6, 6.07) is 3.86. The molecule has 2 rings (SSSR count). The van der Waals surface area contributed by atoms with Crippen LogP contribution in [0.15, 0.2) is 18.3 Å². The lowest BCUT2D eigenvalue weighted by Crippen LogP contribution is -2.16. The highest BCUT2D eigenvalue weighted by molar-refractivity contribution is 5.28. The van der Waals surface area contributed by atoms with E-state index < -0.39 is 0 Å². The van der Waals surface area contributed by atoms with Crippen LogP contribution in [0.25, 0.3) is 0 Å². The Morgan fingerprint density at radius 1 is 1.56 bits per heavy atom. The Bertz CT molecular complexity index is 334. The standard InChI is InChI=1S/C13H20N2O/c1-10(14)12-6-3-8-15-13(12)16-9-7-11-4-2-5-11/h3,6,8,10-11H,2,4-5,7,9,14H2,1H3/t10-/m0/s1. The first-order chi connectivity index (χ1) is 7.77. The van der Waals surface area contributed by atoms with Gasteiger partial charge in [0.1, 0.15) is 0 Å². The van der Waals surface area contributed by atoms with Gasteiger partial charge in [0.05, 0.1) is 6.61 Å². The van der Waals surface area contributed by atoms with E-state index in [-0.39, 0.29) is 6.04 Å². The molecule has 1 fully saturated rings. The minimum Gasteiger partial charge on any atom is -0.477 e. The zero-order valence-electron chi connectivity index (χ0n) is 9.86. The monoisotopic (exact) mass is 220 g/mol. The predicted octanol–water partition coefficient (Wildman–Crippen LogP) is 2.67. The first-order valence-corrected chi connectivity index (χ1v) is 6.10. The summed E-state index contributed by atoms with van der Waals surface area (Å²) in [5.41, 5.74) is 6.86. The van der Waals surface area contributed by atoms with Crippen molar-refractivity contribution in [2.75, 3.05) is 6.61 Å². The van der Waals surface area contributed by atoms with Gasteiger partial charge in [0.2, 0.25) is 5.88 Å². The van der Waals surface area contributed by atoms with Gasteiger partial charge in [-0.25, -0.2) is 4.98 Å². The number of nitrogens with zero attached hydrogens (tertiary/aromatic N) is 1. The van der Waals surface area contributed by atoms with E-state index in [1.54, 1.807) is 6.20 Å². The van der Waals surface area contributed by atoms with Crippen molar-refractivity contribution in [3.63, 3.8) is 0 Å². The van der Waals surface area contributed by atoms with E-state index in [2.05, 4.69) is 4.98 Å². The van der Waals surface area contributed by atoms with E-state index in [1.807, 2.05) is 19.1 Å².